The standard InChI is InChI=1S/C18H18ClNO3/c1-13-6-5-8-15(10-13)20(2)17(21)12-23-18(22)11-14-7-3-4-9-16(14)19/h3-10H,11-12H2,1-2H3. The van der Waals surface area contributed by atoms with E-state index in [-0.39, 0.29) is 18.9 Å². The van der Waals surface area contributed by atoms with Crippen LogP contribution in [0.5, 0.6) is 0 Å². The summed E-state index contributed by atoms with van der Waals surface area (Å²) >= 11 is 5.99. The zero-order valence-electron chi connectivity index (χ0n) is 13.1. The molecule has 4 nitrogen and oxygen atoms in total. The monoisotopic (exact) mass is 331 g/mol. The van der Waals surface area contributed by atoms with E-state index < -0.39 is 5.97 Å². The van der Waals surface area contributed by atoms with Crippen molar-refractivity contribution in [3.63, 3.8) is 0 Å². The van der Waals surface area contributed by atoms with Gasteiger partial charge in [-0.3, -0.25) is 9.59 Å². The normalized spacial score (nSPS) is 10.2. The van der Waals surface area contributed by atoms with Gasteiger partial charge in [0.05, 0.1) is 6.42 Å². The molecule has 0 saturated carbocycles. The number of carbonyl (C=O) groups excluding carboxylic acids is 2. The van der Waals surface area contributed by atoms with Crippen molar-refractivity contribution in [1.82, 2.24) is 0 Å². The lowest BCUT2D eigenvalue weighted by Crippen LogP contribution is -2.31. The molecule has 0 bridgehead atoms. The van der Waals surface area contributed by atoms with Crippen molar-refractivity contribution in [3.05, 3.63) is 64.7 Å². The maximum absolute atomic E-state index is 12.1. The van der Waals surface area contributed by atoms with Gasteiger partial charge in [0.15, 0.2) is 6.61 Å². The van der Waals surface area contributed by atoms with Crippen LogP contribution in [0.15, 0.2) is 48.5 Å². The van der Waals surface area contributed by atoms with Crippen molar-refractivity contribution in [2.75, 3.05) is 18.6 Å². The molecule has 0 saturated heterocycles. The molecule has 0 atom stereocenters. The van der Waals surface area contributed by atoms with E-state index in [0.717, 1.165) is 11.3 Å². The van der Waals surface area contributed by atoms with Crippen LogP contribution in [0.4, 0.5) is 5.69 Å². The molecular weight excluding hydrogens is 314 g/mol. The highest BCUT2D eigenvalue weighted by Crippen LogP contribution is 2.16. The average molecular weight is 332 g/mol. The van der Waals surface area contributed by atoms with E-state index in [1.165, 1.54) is 4.90 Å². The predicted octanol–water partition coefficient (Wildman–Crippen LogP) is 3.40. The van der Waals surface area contributed by atoms with Crippen molar-refractivity contribution in [1.29, 1.82) is 0 Å². The molecule has 0 aliphatic rings. The molecule has 1 amide bonds. The van der Waals surface area contributed by atoms with Crippen molar-refractivity contribution < 1.29 is 14.3 Å². The Hall–Kier alpha value is -2.33. The largest absolute Gasteiger partial charge is 0.455 e. The van der Waals surface area contributed by atoms with Gasteiger partial charge in [0.25, 0.3) is 5.91 Å². The van der Waals surface area contributed by atoms with Crippen LogP contribution in [0.25, 0.3) is 0 Å². The van der Waals surface area contributed by atoms with Crippen LogP contribution in [0, 0.1) is 6.92 Å². The molecule has 0 aromatic heterocycles. The highest BCUT2D eigenvalue weighted by molar-refractivity contribution is 6.31. The number of nitrogens with zero attached hydrogens (tertiary/aromatic N) is 1. The van der Waals surface area contributed by atoms with E-state index in [0.29, 0.717) is 10.6 Å². The fraction of sp³-hybridized carbons (Fsp3) is 0.222. The number of aryl methyl sites for hydroxylation is 1. The summed E-state index contributed by atoms with van der Waals surface area (Å²) in [7, 11) is 1.65. The SMILES string of the molecule is Cc1cccc(N(C)C(=O)COC(=O)Cc2ccccc2Cl)c1. The second-order valence-electron chi connectivity index (χ2n) is 5.22. The fourth-order valence-electron chi connectivity index (χ4n) is 2.07. The summed E-state index contributed by atoms with van der Waals surface area (Å²) < 4.78 is 5.05. The van der Waals surface area contributed by atoms with E-state index in [2.05, 4.69) is 0 Å². The Balaban J connectivity index is 1.89. The number of esters is 1. The number of carbonyl (C=O) groups is 2. The second-order valence-corrected chi connectivity index (χ2v) is 5.63. The van der Waals surface area contributed by atoms with Crippen molar-refractivity contribution >= 4 is 29.2 Å². The molecular formula is C18H18ClNO3. The maximum atomic E-state index is 12.1. The summed E-state index contributed by atoms with van der Waals surface area (Å²) in [6.45, 7) is 1.65. The Morgan fingerprint density at radius 3 is 2.57 bits per heavy atom. The van der Waals surface area contributed by atoms with Crippen LogP contribution < -0.4 is 4.90 Å². The smallest absolute Gasteiger partial charge is 0.310 e. The summed E-state index contributed by atoms with van der Waals surface area (Å²) in [5.74, 6) is -0.771. The molecule has 0 heterocycles. The van der Waals surface area contributed by atoms with Gasteiger partial charge in [-0.1, -0.05) is 41.9 Å². The van der Waals surface area contributed by atoms with E-state index in [1.54, 1.807) is 31.3 Å². The van der Waals surface area contributed by atoms with Gasteiger partial charge in [0.2, 0.25) is 0 Å². The number of hydrogen-bond donors (Lipinski definition) is 0. The first-order chi connectivity index (χ1) is 11.0. The van der Waals surface area contributed by atoms with Crippen molar-refractivity contribution in [2.24, 2.45) is 0 Å². The Morgan fingerprint density at radius 2 is 1.87 bits per heavy atom. The molecule has 0 fully saturated rings. The summed E-state index contributed by atoms with van der Waals surface area (Å²) in [6.07, 6.45) is 0.0428. The number of rotatable bonds is 5. The maximum Gasteiger partial charge on any atom is 0.310 e. The van der Waals surface area contributed by atoms with Crippen molar-refractivity contribution in [2.45, 2.75) is 13.3 Å². The third-order valence-corrected chi connectivity index (χ3v) is 3.78. The van der Waals surface area contributed by atoms with Crippen LogP contribution in [0.2, 0.25) is 5.02 Å². The minimum atomic E-state index is -0.482. The quantitative estimate of drug-likeness (QED) is 0.789. The van der Waals surface area contributed by atoms with E-state index >= 15 is 0 Å². The molecule has 0 aliphatic heterocycles. The third-order valence-electron chi connectivity index (χ3n) is 3.41. The van der Waals surface area contributed by atoms with Gasteiger partial charge < -0.3 is 9.64 Å². The molecule has 2 aromatic carbocycles. The topological polar surface area (TPSA) is 46.6 Å². The molecule has 2 aromatic rings. The molecule has 0 unspecified atom stereocenters. The molecule has 120 valence electrons. The first-order valence-corrected chi connectivity index (χ1v) is 7.57. The first kappa shape index (κ1) is 17.0. The van der Waals surface area contributed by atoms with Gasteiger partial charge >= 0.3 is 5.97 Å². The predicted molar refractivity (Wildman–Crippen MR) is 90.7 cm³/mol. The van der Waals surface area contributed by atoms with Crippen molar-refractivity contribution in [3.8, 4) is 0 Å². The molecule has 2 rings (SSSR count). The van der Waals surface area contributed by atoms with Gasteiger partial charge in [0, 0.05) is 17.8 Å². The third kappa shape index (κ3) is 4.83. The van der Waals surface area contributed by atoms with Gasteiger partial charge in [-0.05, 0) is 36.2 Å². The van der Waals surface area contributed by atoms with Gasteiger partial charge in [-0.25, -0.2) is 0 Å². The highest BCUT2D eigenvalue weighted by atomic mass is 35.5. The summed E-state index contributed by atoms with van der Waals surface area (Å²) in [6, 6.07) is 14.6. The number of ether oxygens (including phenoxy) is 1. The molecule has 0 spiro atoms. The van der Waals surface area contributed by atoms with Crippen LogP contribution in [-0.4, -0.2) is 25.5 Å². The van der Waals surface area contributed by atoms with E-state index in [1.807, 2.05) is 31.2 Å². The Morgan fingerprint density at radius 1 is 1.13 bits per heavy atom. The number of benzene rings is 2. The van der Waals surface area contributed by atoms with E-state index in [4.69, 9.17) is 16.3 Å². The second kappa shape index (κ2) is 7.79. The lowest BCUT2D eigenvalue weighted by atomic mass is 10.1. The molecule has 0 aliphatic carbocycles. The minimum Gasteiger partial charge on any atom is -0.455 e. The van der Waals surface area contributed by atoms with Crippen LogP contribution in [0.3, 0.4) is 0 Å². The Labute approximate surface area is 140 Å². The molecule has 23 heavy (non-hydrogen) atoms. The minimum absolute atomic E-state index is 0.0428. The van der Waals surface area contributed by atoms with Crippen LogP contribution in [-0.2, 0) is 20.7 Å². The zero-order valence-corrected chi connectivity index (χ0v) is 13.8. The van der Waals surface area contributed by atoms with Gasteiger partial charge in [-0.15, -0.1) is 0 Å². The molecule has 0 radical (unpaired) electrons. The summed E-state index contributed by atoms with van der Waals surface area (Å²) in [5.41, 5.74) is 2.49. The first-order valence-electron chi connectivity index (χ1n) is 7.19. The van der Waals surface area contributed by atoms with Crippen LogP contribution in [0.1, 0.15) is 11.1 Å². The van der Waals surface area contributed by atoms with E-state index in [9.17, 15) is 9.59 Å². The number of halogens is 1. The fourth-order valence-corrected chi connectivity index (χ4v) is 2.27. The Kier molecular flexibility index (Phi) is 5.77. The summed E-state index contributed by atoms with van der Waals surface area (Å²) in [4.78, 5) is 25.4. The molecule has 0 N–H and O–H groups in total. The Bertz CT molecular complexity index is 715. The van der Waals surface area contributed by atoms with Gasteiger partial charge in [0.1, 0.15) is 0 Å². The number of anilines is 1. The molecule has 5 heteroatoms. The zero-order chi connectivity index (χ0) is 16.8. The average Bonchev–Trinajstić information content (AvgIpc) is 2.54. The lowest BCUT2D eigenvalue weighted by molar-refractivity contribution is -0.147. The van der Waals surface area contributed by atoms with Crippen LogP contribution >= 0.6 is 11.6 Å². The highest BCUT2D eigenvalue weighted by Gasteiger charge is 2.14. The summed E-state index contributed by atoms with van der Waals surface area (Å²) in [5, 5.41) is 0.507. The van der Waals surface area contributed by atoms with Gasteiger partial charge in [-0.2, -0.15) is 0 Å². The number of likely N-dealkylation sites (N-methyl/N-ethyl adjacent to an activating group) is 1. The number of amides is 1. The lowest BCUT2D eigenvalue weighted by Gasteiger charge is -2.17. The number of hydrogen-bond acceptors (Lipinski definition) is 3.